The van der Waals surface area contributed by atoms with E-state index in [1.54, 1.807) is 6.07 Å². The van der Waals surface area contributed by atoms with E-state index in [0.29, 0.717) is 0 Å². The summed E-state index contributed by atoms with van der Waals surface area (Å²) in [5, 5.41) is 26.8. The van der Waals surface area contributed by atoms with E-state index in [1.165, 1.54) is 37.4 Å². The van der Waals surface area contributed by atoms with Gasteiger partial charge in [-0.15, -0.1) is 0 Å². The van der Waals surface area contributed by atoms with Crippen LogP contribution in [-0.4, -0.2) is 29.0 Å². The van der Waals surface area contributed by atoms with Crippen LogP contribution in [-0.2, 0) is 0 Å². The number of thiocarbonyl (C=S) groups is 1. The van der Waals surface area contributed by atoms with Crippen LogP contribution in [0.4, 0.5) is 11.4 Å². The maximum Gasteiger partial charge on any atom is 0.311 e. The van der Waals surface area contributed by atoms with Gasteiger partial charge in [-0.2, -0.15) is 0 Å². The molecular formula is C16H12N3O6S-. The highest BCUT2D eigenvalue weighted by molar-refractivity contribution is 7.80. The average molecular weight is 374 g/mol. The molecule has 0 bridgehead atoms. The van der Waals surface area contributed by atoms with Crippen molar-refractivity contribution in [1.29, 1.82) is 0 Å². The van der Waals surface area contributed by atoms with Gasteiger partial charge in [-0.3, -0.25) is 20.2 Å². The monoisotopic (exact) mass is 374 g/mol. The maximum absolute atomic E-state index is 12.2. The summed E-state index contributed by atoms with van der Waals surface area (Å²) in [6, 6.07) is 9.51. The summed E-state index contributed by atoms with van der Waals surface area (Å²) in [7, 11) is 1.27. The Labute approximate surface area is 152 Å². The predicted octanol–water partition coefficient (Wildman–Crippen LogP) is 1.09. The number of nitrogens with zero attached hydrogens (tertiary/aromatic N) is 1. The Morgan fingerprint density at radius 3 is 2.50 bits per heavy atom. The average Bonchev–Trinajstić information content (AvgIpc) is 2.61. The van der Waals surface area contributed by atoms with E-state index in [0.717, 1.165) is 6.07 Å². The lowest BCUT2D eigenvalue weighted by Gasteiger charge is -2.14. The van der Waals surface area contributed by atoms with E-state index in [2.05, 4.69) is 10.6 Å². The molecule has 0 aliphatic heterocycles. The number of carbonyl (C=O) groups excluding carboxylic acids is 2. The van der Waals surface area contributed by atoms with Crippen LogP contribution in [0, 0.1) is 10.1 Å². The molecule has 2 N–H and O–H groups in total. The number of ether oxygens (including phenoxy) is 1. The van der Waals surface area contributed by atoms with E-state index in [9.17, 15) is 24.8 Å². The number of hydrogen-bond acceptors (Lipinski definition) is 7. The van der Waals surface area contributed by atoms with Gasteiger partial charge >= 0.3 is 5.69 Å². The lowest BCUT2D eigenvalue weighted by atomic mass is 10.1. The zero-order chi connectivity index (χ0) is 19.3. The summed E-state index contributed by atoms with van der Waals surface area (Å²) in [5.41, 5.74) is -0.390. The molecule has 9 nitrogen and oxygen atoms in total. The number of nitro groups is 1. The zero-order valence-corrected chi connectivity index (χ0v) is 14.2. The minimum atomic E-state index is -1.41. The smallest absolute Gasteiger partial charge is 0.311 e. The molecule has 2 aromatic carbocycles. The summed E-state index contributed by atoms with van der Waals surface area (Å²) in [4.78, 5) is 33.6. The number of benzene rings is 2. The number of amides is 1. The summed E-state index contributed by atoms with van der Waals surface area (Å²) in [5.74, 6) is -2.11. The Balaban J connectivity index is 2.15. The highest BCUT2D eigenvalue weighted by Crippen LogP contribution is 2.27. The third-order valence-corrected chi connectivity index (χ3v) is 3.46. The van der Waals surface area contributed by atoms with Crippen molar-refractivity contribution in [1.82, 2.24) is 5.32 Å². The first-order valence-corrected chi connectivity index (χ1v) is 7.49. The summed E-state index contributed by atoms with van der Waals surface area (Å²) < 4.78 is 4.86. The van der Waals surface area contributed by atoms with Crippen LogP contribution in [0.5, 0.6) is 5.75 Å². The lowest BCUT2D eigenvalue weighted by molar-refractivity contribution is -0.385. The molecule has 0 saturated carbocycles. The Hall–Kier alpha value is -3.53. The summed E-state index contributed by atoms with van der Waals surface area (Å²) >= 11 is 4.98. The second-order valence-corrected chi connectivity index (χ2v) is 5.29. The van der Waals surface area contributed by atoms with Crippen molar-refractivity contribution >= 4 is 40.6 Å². The maximum atomic E-state index is 12.2. The number of carboxylic acids is 1. The standard InChI is InChI=1S/C16H13N3O6S/c1-25-13-7-6-9(8-12(13)19(23)24)14(20)18-16(26)17-11-5-3-2-4-10(11)15(21)22/h2-8H,1H3,(H,21,22)(H2,17,18,20,26)/p-1. The molecule has 0 saturated heterocycles. The molecule has 134 valence electrons. The van der Waals surface area contributed by atoms with E-state index in [-0.39, 0.29) is 33.4 Å². The number of nitro benzene ring substituents is 1. The fraction of sp³-hybridized carbons (Fsp3) is 0.0625. The summed E-state index contributed by atoms with van der Waals surface area (Å²) in [6.07, 6.45) is 0. The molecule has 0 aliphatic carbocycles. The third-order valence-electron chi connectivity index (χ3n) is 3.26. The number of aromatic carboxylic acids is 1. The highest BCUT2D eigenvalue weighted by Gasteiger charge is 2.19. The van der Waals surface area contributed by atoms with Crippen LogP contribution in [0.15, 0.2) is 42.5 Å². The first-order chi connectivity index (χ1) is 12.3. The van der Waals surface area contributed by atoms with Gasteiger partial charge in [0.05, 0.1) is 18.0 Å². The lowest BCUT2D eigenvalue weighted by Crippen LogP contribution is -2.35. The van der Waals surface area contributed by atoms with Crippen LogP contribution >= 0.6 is 12.2 Å². The van der Waals surface area contributed by atoms with Crippen molar-refractivity contribution in [2.75, 3.05) is 12.4 Å². The Morgan fingerprint density at radius 2 is 1.88 bits per heavy atom. The number of carboxylic acid groups (broad SMARTS) is 1. The van der Waals surface area contributed by atoms with Crippen LogP contribution in [0.3, 0.4) is 0 Å². The Morgan fingerprint density at radius 1 is 1.19 bits per heavy atom. The minimum absolute atomic E-state index is 0.00939. The van der Waals surface area contributed by atoms with Crippen molar-refractivity contribution < 1.29 is 24.4 Å². The molecule has 0 spiro atoms. The summed E-state index contributed by atoms with van der Waals surface area (Å²) in [6.45, 7) is 0. The van der Waals surface area contributed by atoms with Crippen LogP contribution < -0.4 is 20.5 Å². The topological polar surface area (TPSA) is 134 Å². The molecule has 0 unspecified atom stereocenters. The Kier molecular flexibility index (Phi) is 5.81. The van der Waals surface area contributed by atoms with Gasteiger partial charge in [-0.05, 0) is 30.4 Å². The predicted molar refractivity (Wildman–Crippen MR) is 94.1 cm³/mol. The number of rotatable bonds is 5. The molecule has 0 aliphatic rings. The molecule has 0 aromatic heterocycles. The van der Waals surface area contributed by atoms with Gasteiger partial charge in [-0.25, -0.2) is 0 Å². The molecular weight excluding hydrogens is 362 g/mol. The van der Waals surface area contributed by atoms with Crippen LogP contribution in [0.1, 0.15) is 20.7 Å². The second kappa shape index (κ2) is 8.03. The SMILES string of the molecule is COc1ccc(C(=O)NC(=S)Nc2ccccc2C(=O)[O-])cc1[N+](=O)[O-]. The molecule has 2 aromatic rings. The Bertz CT molecular complexity index is 899. The van der Waals surface area contributed by atoms with E-state index < -0.39 is 16.8 Å². The molecule has 0 heterocycles. The zero-order valence-electron chi connectivity index (χ0n) is 13.3. The van der Waals surface area contributed by atoms with Crippen molar-refractivity contribution in [2.24, 2.45) is 0 Å². The number of carbonyl (C=O) groups is 2. The van der Waals surface area contributed by atoms with E-state index in [1.807, 2.05) is 0 Å². The largest absolute Gasteiger partial charge is 0.545 e. The molecule has 2 rings (SSSR count). The van der Waals surface area contributed by atoms with Gasteiger partial charge in [0.2, 0.25) is 0 Å². The van der Waals surface area contributed by atoms with Gasteiger partial charge < -0.3 is 20.0 Å². The van der Waals surface area contributed by atoms with Crippen LogP contribution in [0.25, 0.3) is 0 Å². The normalized spacial score (nSPS) is 9.88. The molecule has 26 heavy (non-hydrogen) atoms. The third kappa shape index (κ3) is 4.30. The molecule has 10 heteroatoms. The van der Waals surface area contributed by atoms with Gasteiger partial charge in [0.25, 0.3) is 5.91 Å². The quantitative estimate of drug-likeness (QED) is 0.451. The second-order valence-electron chi connectivity index (χ2n) is 4.89. The fourth-order valence-electron chi connectivity index (χ4n) is 2.07. The first-order valence-electron chi connectivity index (χ1n) is 7.08. The van der Waals surface area contributed by atoms with Gasteiger partial charge in [0, 0.05) is 22.9 Å². The molecule has 0 atom stereocenters. The van der Waals surface area contributed by atoms with E-state index in [4.69, 9.17) is 17.0 Å². The number of anilines is 1. The molecule has 0 radical (unpaired) electrons. The highest BCUT2D eigenvalue weighted by atomic mass is 32.1. The van der Waals surface area contributed by atoms with Gasteiger partial charge in [0.1, 0.15) is 0 Å². The minimum Gasteiger partial charge on any atom is -0.545 e. The van der Waals surface area contributed by atoms with Gasteiger partial charge in [0.15, 0.2) is 10.9 Å². The number of nitrogens with one attached hydrogen (secondary N) is 2. The van der Waals surface area contributed by atoms with Crippen LogP contribution in [0.2, 0.25) is 0 Å². The fourth-order valence-corrected chi connectivity index (χ4v) is 2.28. The van der Waals surface area contributed by atoms with Crippen molar-refractivity contribution in [3.63, 3.8) is 0 Å². The van der Waals surface area contributed by atoms with Crippen molar-refractivity contribution in [2.45, 2.75) is 0 Å². The first kappa shape index (κ1) is 18.8. The number of methoxy groups -OCH3 is 1. The molecule has 1 amide bonds. The van der Waals surface area contributed by atoms with Crippen molar-refractivity contribution in [3.05, 3.63) is 63.7 Å². The number of para-hydroxylation sites is 1. The molecule has 0 fully saturated rings. The van der Waals surface area contributed by atoms with E-state index >= 15 is 0 Å². The van der Waals surface area contributed by atoms with Gasteiger partial charge in [-0.1, -0.05) is 18.2 Å². The van der Waals surface area contributed by atoms with Crippen molar-refractivity contribution in [3.8, 4) is 5.75 Å². The number of hydrogen-bond donors (Lipinski definition) is 2.